The number of hydrogen-bond donors (Lipinski definition) is 2. The molecule has 3 amide bonds. The van der Waals surface area contributed by atoms with Crippen molar-refractivity contribution in [3.63, 3.8) is 0 Å². The second-order valence-electron chi connectivity index (χ2n) is 6.34. The lowest BCUT2D eigenvalue weighted by molar-refractivity contribution is -0.123. The third-order valence-corrected chi connectivity index (χ3v) is 4.61. The van der Waals surface area contributed by atoms with Gasteiger partial charge in [-0.15, -0.1) is 0 Å². The predicted octanol–water partition coefficient (Wildman–Crippen LogP) is 2.10. The fourth-order valence-electron chi connectivity index (χ4n) is 3.33. The summed E-state index contributed by atoms with van der Waals surface area (Å²) < 4.78 is 0. The van der Waals surface area contributed by atoms with Crippen molar-refractivity contribution in [3.05, 3.63) is 53.6 Å². The zero-order valence-electron chi connectivity index (χ0n) is 13.7. The van der Waals surface area contributed by atoms with Gasteiger partial charge in [-0.1, -0.05) is 24.3 Å². The number of rotatable bonds is 2. The molecule has 126 valence electrons. The van der Waals surface area contributed by atoms with E-state index in [0.717, 1.165) is 16.8 Å². The monoisotopic (exact) mass is 335 g/mol. The molecule has 0 saturated carbocycles. The summed E-state index contributed by atoms with van der Waals surface area (Å²) in [4.78, 5) is 38.1. The molecule has 0 spiro atoms. The maximum atomic E-state index is 12.9. The van der Waals surface area contributed by atoms with Gasteiger partial charge in [0.2, 0.25) is 17.7 Å². The van der Waals surface area contributed by atoms with Crippen molar-refractivity contribution < 1.29 is 14.4 Å². The van der Waals surface area contributed by atoms with E-state index in [9.17, 15) is 14.4 Å². The molecule has 1 atom stereocenters. The van der Waals surface area contributed by atoms with Crippen molar-refractivity contribution in [2.75, 3.05) is 15.5 Å². The third kappa shape index (κ3) is 2.65. The number of para-hydroxylation sites is 2. The molecule has 2 aliphatic heterocycles. The van der Waals surface area contributed by atoms with E-state index < -0.39 is 6.04 Å². The smallest absolute Gasteiger partial charge is 0.247 e. The van der Waals surface area contributed by atoms with Crippen LogP contribution in [0.5, 0.6) is 0 Å². The van der Waals surface area contributed by atoms with Crippen LogP contribution in [-0.4, -0.2) is 23.8 Å². The van der Waals surface area contributed by atoms with E-state index in [1.54, 1.807) is 17.9 Å². The summed E-state index contributed by atoms with van der Waals surface area (Å²) in [5.41, 5.74) is 3.85. The molecule has 2 aliphatic rings. The van der Waals surface area contributed by atoms with E-state index in [2.05, 4.69) is 10.6 Å². The van der Waals surface area contributed by atoms with Gasteiger partial charge in [0.25, 0.3) is 0 Å². The number of carbonyl (C=O) groups is 3. The van der Waals surface area contributed by atoms with Crippen LogP contribution in [0.2, 0.25) is 0 Å². The molecule has 6 nitrogen and oxygen atoms in total. The van der Waals surface area contributed by atoms with Crippen molar-refractivity contribution in [2.45, 2.75) is 25.8 Å². The van der Waals surface area contributed by atoms with Gasteiger partial charge in [0.1, 0.15) is 6.04 Å². The highest BCUT2D eigenvalue weighted by atomic mass is 16.2. The number of fused-ring (bicyclic) bond motifs is 2. The SMILES string of the molecule is CC1C(=O)Nc2ccccc2N1C(=O)Cc1ccc2c(c1)NC(=O)C2. The Morgan fingerprint density at radius 2 is 1.92 bits per heavy atom. The van der Waals surface area contributed by atoms with E-state index in [4.69, 9.17) is 0 Å². The van der Waals surface area contributed by atoms with Gasteiger partial charge in [0.15, 0.2) is 0 Å². The Balaban J connectivity index is 1.62. The molecular formula is C19H17N3O3. The van der Waals surface area contributed by atoms with Crippen LogP contribution in [0.3, 0.4) is 0 Å². The first-order valence-corrected chi connectivity index (χ1v) is 8.16. The largest absolute Gasteiger partial charge is 0.326 e. The molecule has 2 aromatic rings. The molecule has 0 radical (unpaired) electrons. The maximum Gasteiger partial charge on any atom is 0.247 e. The zero-order chi connectivity index (χ0) is 17.6. The minimum Gasteiger partial charge on any atom is -0.326 e. The summed E-state index contributed by atoms with van der Waals surface area (Å²) in [6.07, 6.45) is 0.537. The first-order chi connectivity index (χ1) is 12.0. The molecule has 0 bridgehead atoms. The van der Waals surface area contributed by atoms with Crippen LogP contribution in [-0.2, 0) is 27.2 Å². The molecule has 6 heteroatoms. The highest BCUT2D eigenvalue weighted by molar-refractivity contribution is 6.12. The van der Waals surface area contributed by atoms with Gasteiger partial charge >= 0.3 is 0 Å². The van der Waals surface area contributed by atoms with Crippen LogP contribution in [0.1, 0.15) is 18.1 Å². The number of benzene rings is 2. The van der Waals surface area contributed by atoms with Crippen molar-refractivity contribution in [2.24, 2.45) is 0 Å². The summed E-state index contributed by atoms with van der Waals surface area (Å²) in [6.45, 7) is 1.71. The molecule has 4 rings (SSSR count). The van der Waals surface area contributed by atoms with Crippen LogP contribution in [0, 0.1) is 0 Å². The summed E-state index contributed by atoms with van der Waals surface area (Å²) in [7, 11) is 0. The fourth-order valence-corrected chi connectivity index (χ4v) is 3.33. The number of anilines is 3. The molecule has 25 heavy (non-hydrogen) atoms. The molecular weight excluding hydrogens is 318 g/mol. The lowest BCUT2D eigenvalue weighted by Crippen LogP contribution is -2.49. The Bertz CT molecular complexity index is 907. The first kappa shape index (κ1) is 15.4. The van der Waals surface area contributed by atoms with Crippen molar-refractivity contribution in [1.82, 2.24) is 0 Å². The van der Waals surface area contributed by atoms with Crippen LogP contribution < -0.4 is 15.5 Å². The van der Waals surface area contributed by atoms with E-state index in [1.807, 2.05) is 36.4 Å². The molecule has 0 aromatic heterocycles. The molecule has 0 aliphatic carbocycles. The Morgan fingerprint density at radius 3 is 2.76 bits per heavy atom. The van der Waals surface area contributed by atoms with Gasteiger partial charge < -0.3 is 10.6 Å². The lowest BCUT2D eigenvalue weighted by Gasteiger charge is -2.34. The standard InChI is InChI=1S/C19H17N3O3/c1-11-19(25)21-14-4-2-3-5-16(14)22(11)18(24)9-12-6-7-13-10-17(23)20-15(13)8-12/h2-8,11H,9-10H2,1H3,(H,20,23)(H,21,25). The van der Waals surface area contributed by atoms with Gasteiger partial charge in [0.05, 0.1) is 24.2 Å². The van der Waals surface area contributed by atoms with E-state index in [-0.39, 0.29) is 24.1 Å². The van der Waals surface area contributed by atoms with E-state index in [1.165, 1.54) is 0 Å². The minimum absolute atomic E-state index is 0.0336. The molecule has 1 unspecified atom stereocenters. The zero-order valence-corrected chi connectivity index (χ0v) is 13.7. The molecule has 0 fully saturated rings. The average Bonchev–Trinajstić information content (AvgIpc) is 2.95. The number of amides is 3. The van der Waals surface area contributed by atoms with Crippen LogP contribution in [0.15, 0.2) is 42.5 Å². The molecule has 0 saturated heterocycles. The van der Waals surface area contributed by atoms with Crippen molar-refractivity contribution in [1.29, 1.82) is 0 Å². The van der Waals surface area contributed by atoms with Gasteiger partial charge in [-0.25, -0.2) is 0 Å². The number of nitrogens with one attached hydrogen (secondary N) is 2. The van der Waals surface area contributed by atoms with Crippen molar-refractivity contribution >= 4 is 34.8 Å². The average molecular weight is 335 g/mol. The van der Waals surface area contributed by atoms with Gasteiger partial charge in [-0.3, -0.25) is 19.3 Å². The second-order valence-corrected chi connectivity index (χ2v) is 6.34. The third-order valence-electron chi connectivity index (χ3n) is 4.61. The van der Waals surface area contributed by atoms with Crippen molar-refractivity contribution in [3.8, 4) is 0 Å². The topological polar surface area (TPSA) is 78.5 Å². The second kappa shape index (κ2) is 5.73. The molecule has 2 N–H and O–H groups in total. The van der Waals surface area contributed by atoms with E-state index in [0.29, 0.717) is 17.8 Å². The summed E-state index contributed by atoms with van der Waals surface area (Å²) in [5.74, 6) is -0.388. The first-order valence-electron chi connectivity index (χ1n) is 8.16. The van der Waals surface area contributed by atoms with Gasteiger partial charge in [-0.2, -0.15) is 0 Å². The fraction of sp³-hybridized carbons (Fsp3) is 0.211. The normalized spacial score (nSPS) is 18.3. The Kier molecular flexibility index (Phi) is 3.53. The maximum absolute atomic E-state index is 12.9. The Hall–Kier alpha value is -3.15. The lowest BCUT2D eigenvalue weighted by atomic mass is 10.0. The highest BCUT2D eigenvalue weighted by Gasteiger charge is 2.33. The molecule has 2 aromatic carbocycles. The molecule has 2 heterocycles. The van der Waals surface area contributed by atoms with Gasteiger partial charge in [0, 0.05) is 5.69 Å². The van der Waals surface area contributed by atoms with E-state index >= 15 is 0 Å². The highest BCUT2D eigenvalue weighted by Crippen LogP contribution is 2.32. The Morgan fingerprint density at radius 1 is 1.12 bits per heavy atom. The van der Waals surface area contributed by atoms with Crippen LogP contribution in [0.4, 0.5) is 17.1 Å². The minimum atomic E-state index is -0.573. The Labute approximate surface area is 144 Å². The summed E-state index contributed by atoms with van der Waals surface area (Å²) in [6, 6.07) is 12.3. The summed E-state index contributed by atoms with van der Waals surface area (Å²) >= 11 is 0. The van der Waals surface area contributed by atoms with Crippen LogP contribution in [0.25, 0.3) is 0 Å². The quantitative estimate of drug-likeness (QED) is 0.882. The van der Waals surface area contributed by atoms with Gasteiger partial charge in [-0.05, 0) is 36.2 Å². The number of hydrogen-bond acceptors (Lipinski definition) is 3. The van der Waals surface area contributed by atoms with Crippen LogP contribution >= 0.6 is 0 Å². The predicted molar refractivity (Wildman–Crippen MR) is 94.5 cm³/mol. The number of carbonyl (C=O) groups excluding carboxylic acids is 3. The summed E-state index contributed by atoms with van der Waals surface area (Å²) in [5, 5.41) is 5.61. The number of nitrogens with zero attached hydrogens (tertiary/aromatic N) is 1.